The zero-order chi connectivity index (χ0) is 46.9. The Morgan fingerprint density at radius 3 is 1.84 bits per heavy atom. The van der Waals surface area contributed by atoms with Crippen LogP contribution in [0.15, 0.2) is 11.6 Å². The molecule has 8 N–H and O–H groups in total. The summed E-state index contributed by atoms with van der Waals surface area (Å²) in [6, 6.07) is -2.08. The first kappa shape index (κ1) is 50.0. The second kappa shape index (κ2) is 18.6. The van der Waals surface area contributed by atoms with Crippen LogP contribution in [0.2, 0.25) is 0 Å². The van der Waals surface area contributed by atoms with E-state index in [1.165, 1.54) is 26.5 Å². The highest BCUT2D eigenvalue weighted by atomic mass is 16.7. The molecular weight excluding hydrogens is 833 g/mol. The van der Waals surface area contributed by atoms with Crippen molar-refractivity contribution >= 4 is 11.8 Å². The number of hydrogen-bond donors (Lipinski definition) is 8. The third-order valence-corrected chi connectivity index (χ3v) is 16.7. The van der Waals surface area contributed by atoms with Gasteiger partial charge in [0.1, 0.15) is 48.7 Å². The third kappa shape index (κ3) is 9.21. The number of hydrogen-bond acceptors (Lipinski definition) is 15. The Labute approximate surface area is 378 Å². The van der Waals surface area contributed by atoms with Gasteiger partial charge >= 0.3 is 0 Å². The van der Waals surface area contributed by atoms with Crippen LogP contribution in [0, 0.1) is 28.1 Å². The molecule has 0 radical (unpaired) electrons. The maximum absolute atomic E-state index is 12.1. The molecule has 2 saturated carbocycles. The minimum absolute atomic E-state index is 0.0377. The first-order valence-corrected chi connectivity index (χ1v) is 23.6. The molecule has 4 aliphatic heterocycles. The van der Waals surface area contributed by atoms with E-state index in [9.17, 15) is 40.2 Å². The van der Waals surface area contributed by atoms with Crippen molar-refractivity contribution in [3.05, 3.63) is 11.6 Å². The molecular formula is C47H78N2O15. The van der Waals surface area contributed by atoms with E-state index in [1.807, 2.05) is 27.7 Å². The molecule has 0 aromatic rings. The molecule has 20 atom stereocenters. The van der Waals surface area contributed by atoms with Gasteiger partial charge in [-0.05, 0) is 108 Å². The van der Waals surface area contributed by atoms with Crippen molar-refractivity contribution in [3.63, 3.8) is 0 Å². The predicted octanol–water partition coefficient (Wildman–Crippen LogP) is 1.74. The van der Waals surface area contributed by atoms with Crippen molar-refractivity contribution in [2.75, 3.05) is 20.3 Å². The number of aliphatic hydroxyl groups is 6. The van der Waals surface area contributed by atoms with Gasteiger partial charge in [0.05, 0.1) is 54.9 Å². The van der Waals surface area contributed by atoms with Crippen LogP contribution in [0.3, 0.4) is 0 Å². The van der Waals surface area contributed by atoms with Gasteiger partial charge in [-0.3, -0.25) is 9.59 Å². The van der Waals surface area contributed by atoms with E-state index in [2.05, 4.69) is 37.5 Å². The smallest absolute Gasteiger partial charge is 0.217 e. The molecule has 17 heteroatoms. The normalized spacial score (nSPS) is 47.4. The lowest BCUT2D eigenvalue weighted by atomic mass is 9.50. The molecule has 17 nitrogen and oxygen atoms in total. The number of rotatable bonds is 12. The van der Waals surface area contributed by atoms with Crippen LogP contribution in [0.1, 0.15) is 120 Å². The number of carbonyl (C=O) groups is 2. The average molecular weight is 911 g/mol. The molecule has 0 bridgehead atoms. The van der Waals surface area contributed by atoms with Crippen molar-refractivity contribution in [2.45, 2.75) is 223 Å². The Morgan fingerprint density at radius 2 is 1.28 bits per heavy atom. The second-order valence-corrected chi connectivity index (χ2v) is 22.0. The topological polar surface area (TPSA) is 244 Å². The minimum atomic E-state index is -1.43. The third-order valence-electron chi connectivity index (χ3n) is 16.7. The van der Waals surface area contributed by atoms with Gasteiger partial charge in [-0.25, -0.2) is 0 Å². The van der Waals surface area contributed by atoms with Crippen LogP contribution < -0.4 is 10.6 Å². The number of allylic oxidation sites excluding steroid dienone is 1. The van der Waals surface area contributed by atoms with Gasteiger partial charge in [-0.2, -0.15) is 0 Å². The maximum Gasteiger partial charge on any atom is 0.217 e. The number of nitrogens with one attached hydrogen (secondary N) is 2. The van der Waals surface area contributed by atoms with E-state index in [4.69, 9.17) is 33.2 Å². The molecule has 0 unspecified atom stereocenters. The molecule has 0 aromatic heterocycles. The molecule has 6 fully saturated rings. The summed E-state index contributed by atoms with van der Waals surface area (Å²) >= 11 is 0. The Hall–Kier alpha value is -1.84. The molecule has 2 amide bonds. The van der Waals surface area contributed by atoms with Gasteiger partial charge in [0, 0.05) is 26.4 Å². The van der Waals surface area contributed by atoms with E-state index in [-0.39, 0.29) is 41.0 Å². The number of methoxy groups -OCH3 is 1. The first-order chi connectivity index (χ1) is 29.9. The summed E-state index contributed by atoms with van der Waals surface area (Å²) in [4.78, 5) is 24.2. The van der Waals surface area contributed by atoms with Crippen LogP contribution in [0.5, 0.6) is 0 Å². The summed E-state index contributed by atoms with van der Waals surface area (Å²) in [6.45, 7) is 16.7. The van der Waals surface area contributed by atoms with Gasteiger partial charge in [0.15, 0.2) is 12.6 Å². The van der Waals surface area contributed by atoms with Crippen LogP contribution in [-0.4, -0.2) is 166 Å². The highest BCUT2D eigenvalue weighted by molar-refractivity contribution is 5.73. The number of aliphatic hydroxyl groups excluding tert-OH is 6. The molecule has 4 heterocycles. The monoisotopic (exact) mass is 911 g/mol. The Morgan fingerprint density at radius 1 is 0.734 bits per heavy atom. The number of ether oxygens (including phenoxy) is 7. The van der Waals surface area contributed by atoms with E-state index in [0.29, 0.717) is 31.1 Å². The Bertz CT molecular complexity index is 1710. The van der Waals surface area contributed by atoms with Gasteiger partial charge in [0.25, 0.3) is 0 Å². The zero-order valence-corrected chi connectivity index (χ0v) is 39.5. The van der Waals surface area contributed by atoms with E-state index in [1.54, 1.807) is 0 Å². The Kier molecular flexibility index (Phi) is 14.5. The fraction of sp³-hybridized carbons (Fsp3) is 0.915. The van der Waals surface area contributed by atoms with Gasteiger partial charge < -0.3 is 74.4 Å². The fourth-order valence-corrected chi connectivity index (χ4v) is 13.4. The lowest BCUT2D eigenvalue weighted by molar-refractivity contribution is -0.325. The van der Waals surface area contributed by atoms with Crippen LogP contribution in [0.25, 0.3) is 0 Å². The molecule has 7 aliphatic rings. The van der Waals surface area contributed by atoms with Crippen molar-refractivity contribution in [1.29, 1.82) is 0 Å². The summed E-state index contributed by atoms with van der Waals surface area (Å²) in [5.74, 6) is -0.216. The lowest BCUT2D eigenvalue weighted by Crippen LogP contribution is -2.67. The Balaban J connectivity index is 1.02. The second-order valence-electron chi connectivity index (χ2n) is 22.0. The summed E-state index contributed by atoms with van der Waals surface area (Å²) in [6.07, 6.45) is -1.75. The van der Waals surface area contributed by atoms with Crippen molar-refractivity contribution in [3.8, 4) is 0 Å². The van der Waals surface area contributed by atoms with E-state index >= 15 is 0 Å². The predicted molar refractivity (Wildman–Crippen MR) is 230 cm³/mol. The molecule has 7 rings (SSSR count). The number of amides is 2. The summed E-state index contributed by atoms with van der Waals surface area (Å²) in [5, 5.41) is 70.5. The molecule has 366 valence electrons. The largest absolute Gasteiger partial charge is 0.394 e. The lowest BCUT2D eigenvalue weighted by Gasteiger charge is -2.61. The van der Waals surface area contributed by atoms with Crippen LogP contribution in [0.4, 0.5) is 0 Å². The SMILES string of the molecule is COC[C@H]1O[C@H](OC(C)(C)[C@@H]2CC[C@@]3(C)C=C([C@H]4CC[C@@H]5[C@]4(C)C[C@@H](O)[C@@H]4O[C@H](C(C)(C)O[C@H]6O[C@H](CO)[C@@H](O)[C@H](O)[C@H]6NC(C)=O)CC[C@@]54C)CC[C@@H]3O2)[C@H](NC(C)=O)[C@@H](O)[C@@H]1O. The summed E-state index contributed by atoms with van der Waals surface area (Å²) in [5.41, 5.74) is -1.10. The first-order valence-electron chi connectivity index (χ1n) is 23.6. The molecule has 0 aromatic carbocycles. The number of fused-ring (bicyclic) bond motifs is 4. The van der Waals surface area contributed by atoms with Gasteiger partial charge in [0.2, 0.25) is 11.8 Å². The van der Waals surface area contributed by atoms with Gasteiger partial charge in [-0.15, -0.1) is 0 Å². The molecule has 4 saturated heterocycles. The van der Waals surface area contributed by atoms with Crippen molar-refractivity contribution < 1.29 is 73.4 Å². The van der Waals surface area contributed by atoms with E-state index < -0.39 is 103 Å². The highest BCUT2D eigenvalue weighted by Crippen LogP contribution is 2.67. The van der Waals surface area contributed by atoms with Crippen LogP contribution in [-0.2, 0) is 42.7 Å². The zero-order valence-electron chi connectivity index (χ0n) is 39.5. The number of carbonyl (C=O) groups excluding carboxylic acids is 2. The average Bonchev–Trinajstić information content (AvgIpc) is 3.57. The molecule has 0 spiro atoms. The summed E-state index contributed by atoms with van der Waals surface area (Å²) < 4.78 is 44.2. The summed E-state index contributed by atoms with van der Waals surface area (Å²) in [7, 11) is 1.48. The maximum atomic E-state index is 12.1. The molecule has 64 heavy (non-hydrogen) atoms. The fourth-order valence-electron chi connectivity index (χ4n) is 13.4. The highest BCUT2D eigenvalue weighted by Gasteiger charge is 2.65. The van der Waals surface area contributed by atoms with Crippen molar-refractivity contribution in [2.24, 2.45) is 28.1 Å². The van der Waals surface area contributed by atoms with E-state index in [0.717, 1.165) is 38.5 Å². The van der Waals surface area contributed by atoms with Crippen molar-refractivity contribution in [1.82, 2.24) is 10.6 Å². The molecule has 3 aliphatic carbocycles. The quantitative estimate of drug-likeness (QED) is 0.130. The standard InChI is InChI=1S/C47H78N2O15/c1-23(51)48-34-38(56)36(54)28(21-50)59-41(34)63-44(5,6)32-16-18-46(8)30-13-12-26(47(30,9)20-27(53)40(46)62-32)25-11-14-33-45(7,19-25)17-15-31(61-33)43(3,4)64-42-35(49-24(2)52)39(57)37(55)29(60-42)22-58-10/h19,26-42,50,53-57H,11-18,20-22H2,1-10H3,(H,48,51)(H,49,52)/t26-,27-,28-,29-,30+,31+,32+,33+,34-,35-,36-,37-,38-,39-,40+,41-,42-,45+,46+,47-/m1/s1. The van der Waals surface area contributed by atoms with Gasteiger partial charge in [-0.1, -0.05) is 32.4 Å². The van der Waals surface area contributed by atoms with Crippen LogP contribution >= 0.6 is 0 Å². The minimum Gasteiger partial charge on any atom is -0.394 e.